The number of methoxy groups -OCH3 is 2. The van der Waals surface area contributed by atoms with Crippen LogP contribution in [0.25, 0.3) is 11.3 Å². The third-order valence-corrected chi connectivity index (χ3v) is 6.19. The van der Waals surface area contributed by atoms with Crippen molar-refractivity contribution < 1.29 is 19.3 Å². The summed E-state index contributed by atoms with van der Waals surface area (Å²) in [5.41, 5.74) is 3.92. The van der Waals surface area contributed by atoms with E-state index in [4.69, 9.17) is 19.3 Å². The van der Waals surface area contributed by atoms with Crippen LogP contribution in [0.1, 0.15) is 11.1 Å². The summed E-state index contributed by atoms with van der Waals surface area (Å²) in [6, 6.07) is 27.6. The maximum absolute atomic E-state index is 10.9. The van der Waals surface area contributed by atoms with Crippen LogP contribution in [0.2, 0.25) is 0 Å². The first-order valence-electron chi connectivity index (χ1n) is 12.4. The predicted molar refractivity (Wildman–Crippen MR) is 145 cm³/mol. The third kappa shape index (κ3) is 7.20. The molecule has 0 saturated carbocycles. The molecule has 7 heteroatoms. The third-order valence-electron chi connectivity index (χ3n) is 6.19. The van der Waals surface area contributed by atoms with Crippen LogP contribution < -0.4 is 9.47 Å². The lowest BCUT2D eigenvalue weighted by Gasteiger charge is -2.25. The van der Waals surface area contributed by atoms with Crippen molar-refractivity contribution in [3.63, 3.8) is 0 Å². The van der Waals surface area contributed by atoms with Gasteiger partial charge in [0, 0.05) is 39.4 Å². The molecule has 0 aliphatic carbocycles. The van der Waals surface area contributed by atoms with Crippen molar-refractivity contribution in [3.05, 3.63) is 96.1 Å². The second-order valence-electron chi connectivity index (χ2n) is 8.97. The molecule has 1 heterocycles. The lowest BCUT2D eigenvalue weighted by molar-refractivity contribution is 0.0848. The van der Waals surface area contributed by atoms with Gasteiger partial charge < -0.3 is 19.3 Å². The Balaban J connectivity index is 1.63. The van der Waals surface area contributed by atoms with Gasteiger partial charge in [-0.1, -0.05) is 60.7 Å². The molecule has 1 atom stereocenters. The summed E-state index contributed by atoms with van der Waals surface area (Å²) >= 11 is 0. The summed E-state index contributed by atoms with van der Waals surface area (Å²) in [7, 11) is 5.22. The van der Waals surface area contributed by atoms with Crippen molar-refractivity contribution in [2.45, 2.75) is 19.1 Å². The van der Waals surface area contributed by atoms with E-state index in [9.17, 15) is 5.11 Å². The zero-order valence-corrected chi connectivity index (χ0v) is 21.7. The molecule has 4 rings (SSSR count). The first-order chi connectivity index (χ1) is 18.1. The first-order valence-corrected chi connectivity index (χ1v) is 12.4. The van der Waals surface area contributed by atoms with E-state index in [1.165, 1.54) is 0 Å². The van der Waals surface area contributed by atoms with Gasteiger partial charge in [-0.15, -0.1) is 0 Å². The minimum atomic E-state index is -0.526. The largest absolute Gasteiger partial charge is 0.497 e. The maximum Gasteiger partial charge on any atom is 0.222 e. The molecule has 194 valence electrons. The van der Waals surface area contributed by atoms with Crippen LogP contribution in [-0.2, 0) is 24.8 Å². The average molecular weight is 502 g/mol. The van der Waals surface area contributed by atoms with Gasteiger partial charge in [-0.05, 0) is 36.2 Å². The van der Waals surface area contributed by atoms with Crippen molar-refractivity contribution in [1.82, 2.24) is 14.7 Å². The van der Waals surface area contributed by atoms with Crippen LogP contribution in [0.15, 0.2) is 84.9 Å². The number of nitrogens with zero attached hydrogens (tertiary/aromatic N) is 3. The number of aliphatic hydroxyl groups excluding tert-OH is 1. The van der Waals surface area contributed by atoms with E-state index >= 15 is 0 Å². The molecule has 1 N–H and O–H groups in total. The van der Waals surface area contributed by atoms with Crippen LogP contribution in [0, 0.1) is 0 Å². The Morgan fingerprint density at radius 1 is 0.892 bits per heavy atom. The SMILES string of the molecule is COCCN(Cc1c(-c2ccccc2)nn(C)c1Oc1ccc(OC)cc1)CC(O)Cc1ccccc1. The standard InChI is InChI=1S/C30H35N3O4/c1-32-30(37-27-16-14-26(36-3)15-17-27)28(29(31-32)24-12-8-5-9-13-24)22-33(18-19-35-2)21-25(34)20-23-10-6-4-7-11-23/h4-17,25,34H,18-22H2,1-3H3. The zero-order chi connectivity index (χ0) is 26.0. The van der Waals surface area contributed by atoms with Gasteiger partial charge in [0.05, 0.1) is 25.4 Å². The quantitative estimate of drug-likeness (QED) is 0.280. The maximum atomic E-state index is 10.9. The second kappa shape index (κ2) is 13.1. The summed E-state index contributed by atoms with van der Waals surface area (Å²) in [5, 5.41) is 15.8. The number of ether oxygens (including phenoxy) is 3. The number of rotatable bonds is 13. The number of aliphatic hydroxyl groups is 1. The summed E-state index contributed by atoms with van der Waals surface area (Å²) < 4.78 is 18.8. The molecular formula is C30H35N3O4. The van der Waals surface area contributed by atoms with Crippen LogP contribution >= 0.6 is 0 Å². The molecule has 0 saturated heterocycles. The van der Waals surface area contributed by atoms with E-state index in [0.717, 1.165) is 28.1 Å². The number of aryl methyl sites for hydroxylation is 1. The highest BCUT2D eigenvalue weighted by Crippen LogP contribution is 2.34. The summed E-state index contributed by atoms with van der Waals surface area (Å²) in [4.78, 5) is 2.20. The minimum absolute atomic E-state index is 0.489. The Kier molecular flexibility index (Phi) is 9.32. The molecule has 0 amide bonds. The van der Waals surface area contributed by atoms with E-state index in [-0.39, 0.29) is 0 Å². The molecule has 3 aromatic carbocycles. The number of aromatic nitrogens is 2. The molecule has 0 radical (unpaired) electrons. The van der Waals surface area contributed by atoms with E-state index in [1.54, 1.807) is 18.9 Å². The first kappa shape index (κ1) is 26.4. The van der Waals surface area contributed by atoms with Gasteiger partial charge in [-0.25, -0.2) is 4.68 Å². The van der Waals surface area contributed by atoms with Crippen LogP contribution in [0.5, 0.6) is 17.4 Å². The monoisotopic (exact) mass is 501 g/mol. The number of benzene rings is 3. The Labute approximate surface area is 218 Å². The molecule has 1 aromatic heterocycles. The lowest BCUT2D eigenvalue weighted by atomic mass is 10.1. The highest BCUT2D eigenvalue weighted by atomic mass is 16.5. The van der Waals surface area contributed by atoms with Gasteiger partial charge in [0.2, 0.25) is 5.88 Å². The average Bonchev–Trinajstić information content (AvgIpc) is 3.23. The Bertz CT molecular complexity index is 1230. The van der Waals surface area contributed by atoms with Crippen molar-refractivity contribution in [2.24, 2.45) is 7.05 Å². The van der Waals surface area contributed by atoms with Crippen molar-refractivity contribution in [1.29, 1.82) is 0 Å². The molecule has 1 unspecified atom stereocenters. The fourth-order valence-corrected chi connectivity index (χ4v) is 4.33. The highest BCUT2D eigenvalue weighted by molar-refractivity contribution is 5.65. The fourth-order valence-electron chi connectivity index (χ4n) is 4.33. The van der Waals surface area contributed by atoms with Gasteiger partial charge in [0.25, 0.3) is 0 Å². The topological polar surface area (TPSA) is 69.0 Å². The highest BCUT2D eigenvalue weighted by Gasteiger charge is 2.23. The van der Waals surface area contributed by atoms with E-state index in [0.29, 0.717) is 44.3 Å². The second-order valence-corrected chi connectivity index (χ2v) is 8.97. The Morgan fingerprint density at radius 3 is 2.19 bits per heavy atom. The summed E-state index contributed by atoms with van der Waals surface area (Å²) in [6.07, 6.45) is 0.0556. The lowest BCUT2D eigenvalue weighted by Crippen LogP contribution is -2.35. The van der Waals surface area contributed by atoms with Gasteiger partial charge in [-0.3, -0.25) is 4.90 Å². The van der Waals surface area contributed by atoms with Crippen LogP contribution in [0.3, 0.4) is 0 Å². The molecule has 0 aliphatic heterocycles. The Hall–Kier alpha value is -3.65. The predicted octanol–water partition coefficient (Wildman–Crippen LogP) is 4.94. The van der Waals surface area contributed by atoms with Gasteiger partial charge >= 0.3 is 0 Å². The molecule has 0 spiro atoms. The molecule has 4 aromatic rings. The normalized spacial score (nSPS) is 12.0. The molecule has 37 heavy (non-hydrogen) atoms. The van der Waals surface area contributed by atoms with Crippen molar-refractivity contribution in [3.8, 4) is 28.6 Å². The van der Waals surface area contributed by atoms with Crippen molar-refractivity contribution >= 4 is 0 Å². The van der Waals surface area contributed by atoms with Crippen LogP contribution in [-0.4, -0.2) is 59.8 Å². The van der Waals surface area contributed by atoms with Gasteiger partial charge in [0.1, 0.15) is 17.2 Å². The van der Waals surface area contributed by atoms with E-state index in [1.807, 2.05) is 92.0 Å². The van der Waals surface area contributed by atoms with E-state index < -0.39 is 6.10 Å². The molecule has 0 bridgehead atoms. The molecule has 0 aliphatic rings. The number of hydrogen-bond donors (Lipinski definition) is 1. The van der Waals surface area contributed by atoms with Gasteiger partial charge in [0.15, 0.2) is 0 Å². The summed E-state index contributed by atoms with van der Waals surface area (Å²) in [5.74, 6) is 2.11. The molecule has 0 fully saturated rings. The smallest absolute Gasteiger partial charge is 0.222 e. The molecular weight excluding hydrogens is 466 g/mol. The zero-order valence-electron chi connectivity index (χ0n) is 21.7. The van der Waals surface area contributed by atoms with Gasteiger partial charge in [-0.2, -0.15) is 5.10 Å². The fraction of sp³-hybridized carbons (Fsp3) is 0.300. The van der Waals surface area contributed by atoms with Crippen LogP contribution in [0.4, 0.5) is 0 Å². The van der Waals surface area contributed by atoms with E-state index in [2.05, 4.69) is 4.90 Å². The summed E-state index contributed by atoms with van der Waals surface area (Å²) in [6.45, 7) is 2.24. The molecule has 7 nitrogen and oxygen atoms in total. The number of hydrogen-bond acceptors (Lipinski definition) is 6. The Morgan fingerprint density at radius 2 is 1.54 bits per heavy atom. The minimum Gasteiger partial charge on any atom is -0.497 e. The van der Waals surface area contributed by atoms with Crippen molar-refractivity contribution in [2.75, 3.05) is 33.9 Å².